The highest BCUT2D eigenvalue weighted by atomic mass is 79.9. The third-order valence-corrected chi connectivity index (χ3v) is 4.19. The molecule has 1 heterocycles. The van der Waals surface area contributed by atoms with E-state index in [1.54, 1.807) is 0 Å². The Bertz CT molecular complexity index is 203. The Labute approximate surface area is 87.8 Å². The fourth-order valence-corrected chi connectivity index (χ4v) is 2.85. The molecule has 1 spiro atoms. The van der Waals surface area contributed by atoms with E-state index in [0.29, 0.717) is 10.7 Å². The molecular formula is C10H16BrNO. The maximum absolute atomic E-state index is 11.4. The van der Waals surface area contributed by atoms with Crippen LogP contribution >= 0.6 is 15.9 Å². The van der Waals surface area contributed by atoms with Crippen molar-refractivity contribution >= 4 is 21.8 Å². The van der Waals surface area contributed by atoms with Crippen LogP contribution in [0.1, 0.15) is 32.1 Å². The largest absolute Gasteiger partial charge is 0.342 e. The number of halogens is 1. The van der Waals surface area contributed by atoms with Crippen LogP contribution in [0.3, 0.4) is 0 Å². The van der Waals surface area contributed by atoms with E-state index in [2.05, 4.69) is 15.9 Å². The summed E-state index contributed by atoms with van der Waals surface area (Å²) in [5.74, 6) is 0.258. The number of amides is 1. The number of nitrogens with zero attached hydrogens (tertiary/aromatic N) is 1. The topological polar surface area (TPSA) is 20.3 Å². The molecule has 74 valence electrons. The Kier molecular flexibility index (Phi) is 2.63. The number of hydrogen-bond donors (Lipinski definition) is 0. The number of hydrogen-bond acceptors (Lipinski definition) is 1. The van der Waals surface area contributed by atoms with Crippen LogP contribution in [-0.4, -0.2) is 29.2 Å². The molecular weight excluding hydrogens is 230 g/mol. The predicted molar refractivity (Wildman–Crippen MR) is 55.9 cm³/mol. The molecule has 0 N–H and O–H groups in total. The molecule has 3 heteroatoms. The van der Waals surface area contributed by atoms with Crippen molar-refractivity contribution in [3.8, 4) is 0 Å². The highest BCUT2D eigenvalue weighted by Gasteiger charge is 2.40. The Hall–Kier alpha value is -0.0500. The van der Waals surface area contributed by atoms with Crippen molar-refractivity contribution in [1.29, 1.82) is 0 Å². The standard InChI is InChI=1S/C10H16BrNO/c11-8-9(13)12-6-4-10(5-7-12)2-1-3-10/h1-8H2. The molecule has 13 heavy (non-hydrogen) atoms. The minimum Gasteiger partial charge on any atom is -0.342 e. The second kappa shape index (κ2) is 3.60. The second-order valence-electron chi connectivity index (χ2n) is 4.37. The van der Waals surface area contributed by atoms with Crippen LogP contribution in [0.25, 0.3) is 0 Å². The van der Waals surface area contributed by atoms with E-state index in [-0.39, 0.29) is 5.91 Å². The second-order valence-corrected chi connectivity index (χ2v) is 4.93. The lowest BCUT2D eigenvalue weighted by Gasteiger charge is -2.47. The summed E-state index contributed by atoms with van der Waals surface area (Å²) in [6.45, 7) is 1.98. The molecule has 1 aliphatic heterocycles. The zero-order valence-electron chi connectivity index (χ0n) is 7.89. The van der Waals surface area contributed by atoms with Gasteiger partial charge < -0.3 is 4.90 Å². The maximum atomic E-state index is 11.4. The highest BCUT2D eigenvalue weighted by Crippen LogP contribution is 2.48. The van der Waals surface area contributed by atoms with Crippen molar-refractivity contribution < 1.29 is 4.79 Å². The summed E-state index contributed by atoms with van der Waals surface area (Å²) < 4.78 is 0. The molecule has 2 nitrogen and oxygen atoms in total. The number of likely N-dealkylation sites (tertiary alicyclic amines) is 1. The number of carbonyl (C=O) groups excluding carboxylic acids is 1. The fraction of sp³-hybridized carbons (Fsp3) is 0.900. The van der Waals surface area contributed by atoms with Gasteiger partial charge in [-0.3, -0.25) is 4.79 Å². The van der Waals surface area contributed by atoms with Gasteiger partial charge in [-0.2, -0.15) is 0 Å². The van der Waals surface area contributed by atoms with E-state index in [4.69, 9.17) is 0 Å². The number of rotatable bonds is 1. The molecule has 1 saturated carbocycles. The Morgan fingerprint density at radius 2 is 1.85 bits per heavy atom. The van der Waals surface area contributed by atoms with E-state index in [9.17, 15) is 4.79 Å². The molecule has 0 unspecified atom stereocenters. The first-order valence-corrected chi connectivity index (χ1v) is 6.22. The lowest BCUT2D eigenvalue weighted by molar-refractivity contribution is -0.131. The van der Waals surface area contributed by atoms with Gasteiger partial charge in [0, 0.05) is 13.1 Å². The quantitative estimate of drug-likeness (QED) is 0.649. The summed E-state index contributed by atoms with van der Waals surface area (Å²) in [6, 6.07) is 0. The van der Waals surface area contributed by atoms with Crippen molar-refractivity contribution in [3.63, 3.8) is 0 Å². The number of alkyl halides is 1. The van der Waals surface area contributed by atoms with Crippen LogP contribution in [0, 0.1) is 5.41 Å². The van der Waals surface area contributed by atoms with E-state index in [1.165, 1.54) is 32.1 Å². The van der Waals surface area contributed by atoms with Crippen LogP contribution in [0.15, 0.2) is 0 Å². The van der Waals surface area contributed by atoms with Gasteiger partial charge in [0.15, 0.2) is 0 Å². The van der Waals surface area contributed by atoms with Crippen molar-refractivity contribution in [3.05, 3.63) is 0 Å². The minimum absolute atomic E-state index is 0.258. The molecule has 0 radical (unpaired) electrons. The molecule has 1 aliphatic carbocycles. The lowest BCUT2D eigenvalue weighted by atomic mass is 9.63. The van der Waals surface area contributed by atoms with Gasteiger partial charge in [0.05, 0.1) is 5.33 Å². The summed E-state index contributed by atoms with van der Waals surface area (Å²) in [5.41, 5.74) is 0.656. The zero-order chi connectivity index (χ0) is 9.31. The van der Waals surface area contributed by atoms with Gasteiger partial charge in [-0.1, -0.05) is 22.4 Å². The Balaban J connectivity index is 1.85. The minimum atomic E-state index is 0.258. The smallest absolute Gasteiger partial charge is 0.233 e. The van der Waals surface area contributed by atoms with Crippen LogP contribution in [-0.2, 0) is 4.79 Å². The van der Waals surface area contributed by atoms with Gasteiger partial charge in [-0.25, -0.2) is 0 Å². The van der Waals surface area contributed by atoms with Gasteiger partial charge in [0.1, 0.15) is 0 Å². The van der Waals surface area contributed by atoms with Crippen molar-refractivity contribution in [2.45, 2.75) is 32.1 Å². The molecule has 0 atom stereocenters. The van der Waals surface area contributed by atoms with Gasteiger partial charge in [-0.15, -0.1) is 0 Å². The summed E-state index contributed by atoms with van der Waals surface area (Å²) in [7, 11) is 0. The van der Waals surface area contributed by atoms with Crippen LogP contribution in [0.5, 0.6) is 0 Å². The molecule has 1 saturated heterocycles. The molecule has 2 aliphatic rings. The van der Waals surface area contributed by atoms with Crippen molar-refractivity contribution in [2.24, 2.45) is 5.41 Å². The first kappa shape index (κ1) is 9.50. The monoisotopic (exact) mass is 245 g/mol. The lowest BCUT2D eigenvalue weighted by Crippen LogP contribution is -2.46. The Morgan fingerprint density at radius 1 is 1.23 bits per heavy atom. The van der Waals surface area contributed by atoms with Gasteiger partial charge in [0.2, 0.25) is 5.91 Å². The summed E-state index contributed by atoms with van der Waals surface area (Å²) in [6.07, 6.45) is 6.70. The molecule has 0 bridgehead atoms. The molecule has 1 amide bonds. The number of piperidine rings is 1. The highest BCUT2D eigenvalue weighted by molar-refractivity contribution is 9.09. The first-order valence-electron chi connectivity index (χ1n) is 5.10. The average molecular weight is 246 g/mol. The predicted octanol–water partition coefficient (Wildman–Crippen LogP) is 2.17. The summed E-state index contributed by atoms with van der Waals surface area (Å²) in [5, 5.41) is 0.486. The fourth-order valence-electron chi connectivity index (χ4n) is 2.49. The molecule has 0 aromatic rings. The van der Waals surface area contributed by atoms with Crippen molar-refractivity contribution in [2.75, 3.05) is 18.4 Å². The third-order valence-electron chi connectivity index (χ3n) is 3.71. The van der Waals surface area contributed by atoms with Crippen LogP contribution in [0.4, 0.5) is 0 Å². The average Bonchev–Trinajstić information content (AvgIpc) is 2.14. The molecule has 0 aromatic carbocycles. The maximum Gasteiger partial charge on any atom is 0.233 e. The van der Waals surface area contributed by atoms with E-state index < -0.39 is 0 Å². The van der Waals surface area contributed by atoms with Gasteiger partial charge in [0.25, 0.3) is 0 Å². The third kappa shape index (κ3) is 1.76. The van der Waals surface area contributed by atoms with E-state index >= 15 is 0 Å². The first-order chi connectivity index (χ1) is 6.26. The molecule has 0 aromatic heterocycles. The summed E-state index contributed by atoms with van der Waals surface area (Å²) in [4.78, 5) is 13.4. The van der Waals surface area contributed by atoms with Crippen molar-refractivity contribution in [1.82, 2.24) is 4.90 Å². The zero-order valence-corrected chi connectivity index (χ0v) is 9.48. The van der Waals surface area contributed by atoms with Gasteiger partial charge in [-0.05, 0) is 31.1 Å². The SMILES string of the molecule is O=C(CBr)N1CCC2(CCC2)CC1. The molecule has 2 rings (SSSR count). The number of carbonyl (C=O) groups is 1. The van der Waals surface area contributed by atoms with E-state index in [0.717, 1.165) is 13.1 Å². The Morgan fingerprint density at radius 3 is 2.23 bits per heavy atom. The normalized spacial score (nSPS) is 25.8. The summed E-state index contributed by atoms with van der Waals surface area (Å²) >= 11 is 3.22. The van der Waals surface area contributed by atoms with Gasteiger partial charge >= 0.3 is 0 Å². The van der Waals surface area contributed by atoms with E-state index in [1.807, 2.05) is 4.90 Å². The van der Waals surface area contributed by atoms with Crippen LogP contribution < -0.4 is 0 Å². The molecule has 2 fully saturated rings. The van der Waals surface area contributed by atoms with Crippen LogP contribution in [0.2, 0.25) is 0 Å².